The lowest BCUT2D eigenvalue weighted by Crippen LogP contribution is -2.30. The first-order valence-electron chi connectivity index (χ1n) is 7.91. The standard InChI is InChI=1S/C19H21ClN2O3/c1-12(25-18(24)13-5-10-16(20)21-11-13)17(23)22-15-8-6-14(7-9-15)19(2,3)4/h5-12H,1-4H3,(H,22,23)/t12-/m0/s1. The minimum Gasteiger partial charge on any atom is -0.449 e. The Morgan fingerprint density at radius 2 is 1.76 bits per heavy atom. The molecule has 0 unspecified atom stereocenters. The lowest BCUT2D eigenvalue weighted by molar-refractivity contribution is -0.123. The molecule has 25 heavy (non-hydrogen) atoms. The highest BCUT2D eigenvalue weighted by atomic mass is 35.5. The lowest BCUT2D eigenvalue weighted by Gasteiger charge is -2.19. The monoisotopic (exact) mass is 360 g/mol. The Hall–Kier alpha value is -2.40. The molecular formula is C19H21ClN2O3. The molecule has 0 aliphatic heterocycles. The molecule has 1 N–H and O–H groups in total. The van der Waals surface area contributed by atoms with E-state index in [1.165, 1.54) is 30.8 Å². The highest BCUT2D eigenvalue weighted by Gasteiger charge is 2.20. The normalized spacial score (nSPS) is 12.4. The molecular weight excluding hydrogens is 340 g/mol. The summed E-state index contributed by atoms with van der Waals surface area (Å²) in [5.41, 5.74) is 2.09. The highest BCUT2D eigenvalue weighted by Crippen LogP contribution is 2.23. The Balaban J connectivity index is 1.95. The van der Waals surface area contributed by atoms with Crippen LogP contribution >= 0.6 is 11.6 Å². The molecule has 0 bridgehead atoms. The number of pyridine rings is 1. The van der Waals surface area contributed by atoms with Gasteiger partial charge in [0.25, 0.3) is 5.91 Å². The van der Waals surface area contributed by atoms with E-state index in [9.17, 15) is 9.59 Å². The number of esters is 1. The van der Waals surface area contributed by atoms with Crippen LogP contribution in [0, 0.1) is 0 Å². The van der Waals surface area contributed by atoms with E-state index in [0.29, 0.717) is 5.69 Å². The summed E-state index contributed by atoms with van der Waals surface area (Å²) < 4.78 is 5.15. The molecule has 1 amide bonds. The van der Waals surface area contributed by atoms with E-state index in [1.807, 2.05) is 24.3 Å². The first kappa shape index (κ1) is 18.9. The van der Waals surface area contributed by atoms with Gasteiger partial charge in [-0.05, 0) is 42.2 Å². The SMILES string of the molecule is C[C@H](OC(=O)c1ccc(Cl)nc1)C(=O)Nc1ccc(C(C)(C)C)cc1. The molecule has 2 aromatic rings. The molecule has 5 nitrogen and oxygen atoms in total. The minimum atomic E-state index is -0.939. The Kier molecular flexibility index (Phi) is 5.80. The third-order valence-electron chi connectivity index (χ3n) is 3.63. The van der Waals surface area contributed by atoms with Gasteiger partial charge in [0.15, 0.2) is 6.10 Å². The molecule has 1 heterocycles. The topological polar surface area (TPSA) is 68.3 Å². The summed E-state index contributed by atoms with van der Waals surface area (Å²) in [6.45, 7) is 7.87. The van der Waals surface area contributed by atoms with Crippen molar-refractivity contribution in [3.8, 4) is 0 Å². The second-order valence-corrected chi connectivity index (χ2v) is 7.12. The smallest absolute Gasteiger partial charge is 0.340 e. The Labute approximate surface area is 152 Å². The number of rotatable bonds is 4. The van der Waals surface area contributed by atoms with Crippen LogP contribution in [-0.2, 0) is 14.9 Å². The summed E-state index contributed by atoms with van der Waals surface area (Å²) >= 11 is 5.67. The van der Waals surface area contributed by atoms with Crippen LogP contribution in [-0.4, -0.2) is 23.0 Å². The van der Waals surface area contributed by atoms with Crippen molar-refractivity contribution in [2.24, 2.45) is 0 Å². The fraction of sp³-hybridized carbons (Fsp3) is 0.316. The largest absolute Gasteiger partial charge is 0.449 e. The average Bonchev–Trinajstić information content (AvgIpc) is 2.55. The van der Waals surface area contributed by atoms with Gasteiger partial charge in [-0.1, -0.05) is 44.5 Å². The van der Waals surface area contributed by atoms with Gasteiger partial charge in [-0.2, -0.15) is 0 Å². The molecule has 1 atom stereocenters. The number of carbonyl (C=O) groups excluding carboxylic acids is 2. The molecule has 132 valence electrons. The average molecular weight is 361 g/mol. The molecule has 0 fully saturated rings. The number of aromatic nitrogens is 1. The van der Waals surface area contributed by atoms with Gasteiger partial charge in [0.1, 0.15) is 5.15 Å². The number of amides is 1. The van der Waals surface area contributed by atoms with Gasteiger partial charge in [0, 0.05) is 11.9 Å². The molecule has 6 heteroatoms. The maximum atomic E-state index is 12.2. The van der Waals surface area contributed by atoms with Crippen LogP contribution < -0.4 is 5.32 Å². The minimum absolute atomic E-state index is 0.0397. The molecule has 1 aromatic carbocycles. The molecule has 0 spiro atoms. The molecule has 0 aliphatic rings. The first-order chi connectivity index (χ1) is 11.7. The zero-order chi connectivity index (χ0) is 18.6. The van der Waals surface area contributed by atoms with Crippen molar-refractivity contribution in [2.75, 3.05) is 5.32 Å². The zero-order valence-corrected chi connectivity index (χ0v) is 15.4. The van der Waals surface area contributed by atoms with Crippen molar-refractivity contribution in [1.82, 2.24) is 4.98 Å². The maximum Gasteiger partial charge on any atom is 0.340 e. The molecule has 0 saturated carbocycles. The van der Waals surface area contributed by atoms with Crippen LogP contribution in [0.4, 0.5) is 5.69 Å². The second kappa shape index (κ2) is 7.66. The van der Waals surface area contributed by atoms with Gasteiger partial charge in [-0.25, -0.2) is 9.78 Å². The number of hydrogen-bond acceptors (Lipinski definition) is 4. The number of nitrogens with one attached hydrogen (secondary N) is 1. The van der Waals surface area contributed by atoms with E-state index in [2.05, 4.69) is 31.1 Å². The van der Waals surface area contributed by atoms with Crippen LogP contribution in [0.5, 0.6) is 0 Å². The summed E-state index contributed by atoms with van der Waals surface area (Å²) in [4.78, 5) is 28.0. The van der Waals surface area contributed by atoms with E-state index in [1.54, 1.807) is 0 Å². The Morgan fingerprint density at radius 3 is 2.28 bits per heavy atom. The van der Waals surface area contributed by atoms with Crippen molar-refractivity contribution >= 4 is 29.2 Å². The van der Waals surface area contributed by atoms with Crippen LogP contribution in [0.15, 0.2) is 42.6 Å². The highest BCUT2D eigenvalue weighted by molar-refractivity contribution is 6.29. The summed E-state index contributed by atoms with van der Waals surface area (Å²) in [7, 11) is 0. The predicted octanol–water partition coefficient (Wildman–Crippen LogP) is 4.22. The van der Waals surface area contributed by atoms with Crippen LogP contribution in [0.1, 0.15) is 43.6 Å². The Morgan fingerprint density at radius 1 is 1.12 bits per heavy atom. The van der Waals surface area contributed by atoms with Crippen molar-refractivity contribution < 1.29 is 14.3 Å². The van der Waals surface area contributed by atoms with Crippen molar-refractivity contribution in [2.45, 2.75) is 39.2 Å². The lowest BCUT2D eigenvalue weighted by atomic mass is 9.87. The molecule has 1 aromatic heterocycles. The molecule has 2 rings (SSSR count). The second-order valence-electron chi connectivity index (χ2n) is 6.73. The fourth-order valence-electron chi connectivity index (χ4n) is 2.08. The number of benzene rings is 1. The first-order valence-corrected chi connectivity index (χ1v) is 8.28. The third-order valence-corrected chi connectivity index (χ3v) is 3.86. The maximum absolute atomic E-state index is 12.2. The Bertz CT molecular complexity index is 750. The van der Waals surface area contributed by atoms with Gasteiger partial charge >= 0.3 is 5.97 Å². The van der Waals surface area contributed by atoms with Gasteiger partial charge in [-0.15, -0.1) is 0 Å². The van der Waals surface area contributed by atoms with Crippen LogP contribution in [0.25, 0.3) is 0 Å². The summed E-state index contributed by atoms with van der Waals surface area (Å²) in [5, 5.41) is 3.01. The van der Waals surface area contributed by atoms with Crippen LogP contribution in [0.3, 0.4) is 0 Å². The van der Waals surface area contributed by atoms with Crippen LogP contribution in [0.2, 0.25) is 5.15 Å². The molecule has 0 saturated heterocycles. The van der Waals surface area contributed by atoms with E-state index >= 15 is 0 Å². The van der Waals surface area contributed by atoms with E-state index in [4.69, 9.17) is 16.3 Å². The van der Waals surface area contributed by atoms with E-state index in [-0.39, 0.29) is 16.1 Å². The van der Waals surface area contributed by atoms with E-state index in [0.717, 1.165) is 0 Å². The van der Waals surface area contributed by atoms with Crippen molar-refractivity contribution in [1.29, 1.82) is 0 Å². The summed E-state index contributed by atoms with van der Waals surface area (Å²) in [6.07, 6.45) is 0.367. The van der Waals surface area contributed by atoms with Gasteiger partial charge in [0.05, 0.1) is 5.56 Å². The number of halogens is 1. The van der Waals surface area contributed by atoms with Crippen molar-refractivity contribution in [3.63, 3.8) is 0 Å². The molecule has 0 radical (unpaired) electrons. The van der Waals surface area contributed by atoms with Gasteiger partial charge in [-0.3, -0.25) is 4.79 Å². The van der Waals surface area contributed by atoms with Gasteiger partial charge in [0.2, 0.25) is 0 Å². The number of ether oxygens (including phenoxy) is 1. The zero-order valence-electron chi connectivity index (χ0n) is 14.7. The quantitative estimate of drug-likeness (QED) is 0.654. The summed E-state index contributed by atoms with van der Waals surface area (Å²) in [6, 6.07) is 10.6. The van der Waals surface area contributed by atoms with E-state index < -0.39 is 18.0 Å². The number of hydrogen-bond donors (Lipinski definition) is 1. The molecule has 0 aliphatic carbocycles. The fourth-order valence-corrected chi connectivity index (χ4v) is 2.19. The number of nitrogens with zero attached hydrogens (tertiary/aromatic N) is 1. The van der Waals surface area contributed by atoms with Crippen molar-refractivity contribution in [3.05, 3.63) is 58.9 Å². The number of carbonyl (C=O) groups is 2. The predicted molar refractivity (Wildman–Crippen MR) is 97.9 cm³/mol. The van der Waals surface area contributed by atoms with Gasteiger partial charge < -0.3 is 10.1 Å². The number of anilines is 1. The summed E-state index contributed by atoms with van der Waals surface area (Å²) in [5.74, 6) is -1.03. The third kappa shape index (κ3) is 5.29.